The van der Waals surface area contributed by atoms with Crippen LogP contribution in [0.2, 0.25) is 0 Å². The summed E-state index contributed by atoms with van der Waals surface area (Å²) in [6.07, 6.45) is 3.55. The van der Waals surface area contributed by atoms with Crippen molar-refractivity contribution in [3.05, 3.63) is 0 Å². The summed E-state index contributed by atoms with van der Waals surface area (Å²) >= 11 is 6.10. The summed E-state index contributed by atoms with van der Waals surface area (Å²) in [6, 6.07) is 0. The minimum absolute atomic E-state index is 0.129. The van der Waals surface area contributed by atoms with Crippen LogP contribution >= 0.6 is 11.6 Å². The molecule has 4 nitrogen and oxygen atoms in total. The maximum Gasteiger partial charge on any atom is 0.357 e. The zero-order valence-corrected chi connectivity index (χ0v) is 9.67. The Morgan fingerprint density at radius 1 is 1.53 bits per heavy atom. The SMILES string of the molecule is COC(=O)C1(Cl)OC12CCCC(OC)C2. The van der Waals surface area contributed by atoms with Gasteiger partial charge in [-0.1, -0.05) is 11.6 Å². The van der Waals surface area contributed by atoms with Gasteiger partial charge in [0.15, 0.2) is 0 Å². The molecule has 1 heterocycles. The number of carbonyl (C=O) groups excluding carboxylic acids is 1. The van der Waals surface area contributed by atoms with Crippen molar-refractivity contribution in [2.75, 3.05) is 14.2 Å². The molecule has 1 aliphatic heterocycles. The van der Waals surface area contributed by atoms with Gasteiger partial charge in [0, 0.05) is 13.5 Å². The van der Waals surface area contributed by atoms with Gasteiger partial charge in [0.2, 0.25) is 0 Å². The second kappa shape index (κ2) is 3.61. The molecule has 0 N–H and O–H groups in total. The molecule has 86 valence electrons. The number of halogens is 1. The van der Waals surface area contributed by atoms with Crippen molar-refractivity contribution in [3.63, 3.8) is 0 Å². The average Bonchev–Trinajstić information content (AvgIpc) is 2.83. The van der Waals surface area contributed by atoms with Crippen LogP contribution in [0.5, 0.6) is 0 Å². The normalized spacial score (nSPS) is 44.1. The lowest BCUT2D eigenvalue weighted by Gasteiger charge is -2.26. The lowest BCUT2D eigenvalue weighted by atomic mass is 9.84. The average molecular weight is 235 g/mol. The Bertz CT molecular complexity index is 283. The smallest absolute Gasteiger partial charge is 0.357 e. The standard InChI is InChI=1S/C10H15ClO4/c1-13-7-4-3-5-9(6-7)10(11,15-9)8(12)14-2/h7H,3-6H2,1-2H3. The summed E-state index contributed by atoms with van der Waals surface area (Å²) in [5, 5.41) is -1.26. The third-order valence-electron chi connectivity index (χ3n) is 3.33. The Morgan fingerprint density at radius 2 is 2.27 bits per heavy atom. The molecular weight excluding hydrogens is 220 g/mol. The zero-order chi connectivity index (χ0) is 11.1. The van der Waals surface area contributed by atoms with Crippen LogP contribution in [-0.4, -0.2) is 37.0 Å². The van der Waals surface area contributed by atoms with E-state index in [0.717, 1.165) is 19.3 Å². The van der Waals surface area contributed by atoms with Crippen molar-refractivity contribution < 1.29 is 19.0 Å². The van der Waals surface area contributed by atoms with Gasteiger partial charge < -0.3 is 14.2 Å². The Labute approximate surface area is 93.8 Å². The van der Waals surface area contributed by atoms with Gasteiger partial charge in [0.05, 0.1) is 13.2 Å². The lowest BCUT2D eigenvalue weighted by molar-refractivity contribution is -0.143. The molecule has 2 aliphatic rings. The van der Waals surface area contributed by atoms with Gasteiger partial charge in [-0.05, 0) is 19.3 Å². The minimum Gasteiger partial charge on any atom is -0.466 e. The Kier molecular flexibility index (Phi) is 2.69. The van der Waals surface area contributed by atoms with Crippen molar-refractivity contribution in [1.29, 1.82) is 0 Å². The second-order valence-corrected chi connectivity index (χ2v) is 4.67. The van der Waals surface area contributed by atoms with Crippen molar-refractivity contribution in [2.24, 2.45) is 0 Å². The van der Waals surface area contributed by atoms with Gasteiger partial charge in [0.25, 0.3) is 5.06 Å². The molecule has 1 saturated carbocycles. The predicted octanol–water partition coefficient (Wildman–Crippen LogP) is 1.45. The van der Waals surface area contributed by atoms with E-state index in [1.807, 2.05) is 0 Å². The Morgan fingerprint density at radius 3 is 2.87 bits per heavy atom. The fourth-order valence-electron chi connectivity index (χ4n) is 2.38. The fraction of sp³-hybridized carbons (Fsp3) is 0.900. The number of carbonyl (C=O) groups is 1. The van der Waals surface area contributed by atoms with Crippen molar-refractivity contribution in [3.8, 4) is 0 Å². The number of ether oxygens (including phenoxy) is 3. The molecule has 2 fully saturated rings. The van der Waals surface area contributed by atoms with Crippen LogP contribution < -0.4 is 0 Å². The largest absolute Gasteiger partial charge is 0.466 e. The van der Waals surface area contributed by atoms with Gasteiger partial charge in [-0.2, -0.15) is 0 Å². The summed E-state index contributed by atoms with van der Waals surface area (Å²) < 4.78 is 15.3. The first-order valence-corrected chi connectivity index (χ1v) is 5.46. The van der Waals surface area contributed by atoms with E-state index in [4.69, 9.17) is 21.1 Å². The van der Waals surface area contributed by atoms with Crippen molar-refractivity contribution in [2.45, 2.75) is 42.4 Å². The summed E-state index contributed by atoms with van der Waals surface area (Å²) in [4.78, 5) is 11.4. The van der Waals surface area contributed by atoms with Crippen LogP contribution in [0.15, 0.2) is 0 Å². The first-order chi connectivity index (χ1) is 7.08. The number of hydrogen-bond acceptors (Lipinski definition) is 4. The maximum absolute atomic E-state index is 11.4. The van der Waals surface area contributed by atoms with E-state index in [1.165, 1.54) is 7.11 Å². The number of rotatable bonds is 2. The van der Waals surface area contributed by atoms with Gasteiger partial charge in [-0.3, -0.25) is 0 Å². The van der Waals surface area contributed by atoms with Crippen LogP contribution in [0.25, 0.3) is 0 Å². The van der Waals surface area contributed by atoms with E-state index in [0.29, 0.717) is 6.42 Å². The number of methoxy groups -OCH3 is 2. The monoisotopic (exact) mass is 234 g/mol. The highest BCUT2D eigenvalue weighted by atomic mass is 35.5. The number of epoxide rings is 1. The molecule has 0 aromatic rings. The van der Waals surface area contributed by atoms with E-state index in [-0.39, 0.29) is 6.10 Å². The first kappa shape index (κ1) is 11.2. The molecule has 2 rings (SSSR count). The summed E-state index contributed by atoms with van der Waals surface area (Å²) in [7, 11) is 2.98. The molecule has 0 bridgehead atoms. The van der Waals surface area contributed by atoms with E-state index >= 15 is 0 Å². The lowest BCUT2D eigenvalue weighted by Crippen LogP contribution is -2.36. The van der Waals surface area contributed by atoms with Gasteiger partial charge in [0.1, 0.15) is 5.60 Å². The number of alkyl halides is 1. The van der Waals surface area contributed by atoms with E-state index in [9.17, 15) is 4.79 Å². The van der Waals surface area contributed by atoms with E-state index < -0.39 is 16.6 Å². The Hall–Kier alpha value is -0.320. The second-order valence-electron chi connectivity index (χ2n) is 4.14. The van der Waals surface area contributed by atoms with Crippen molar-refractivity contribution >= 4 is 17.6 Å². The fourth-order valence-corrected chi connectivity index (χ4v) is 2.77. The van der Waals surface area contributed by atoms with Gasteiger partial charge in [-0.15, -0.1) is 0 Å². The van der Waals surface area contributed by atoms with E-state index in [1.54, 1.807) is 7.11 Å². The Balaban J connectivity index is 2.08. The molecule has 5 heteroatoms. The highest BCUT2D eigenvalue weighted by Gasteiger charge is 2.75. The third-order valence-corrected chi connectivity index (χ3v) is 3.90. The number of esters is 1. The van der Waals surface area contributed by atoms with E-state index in [2.05, 4.69) is 4.74 Å². The van der Waals surface area contributed by atoms with Gasteiger partial charge in [-0.25, -0.2) is 4.79 Å². The minimum atomic E-state index is -1.26. The molecule has 15 heavy (non-hydrogen) atoms. The first-order valence-electron chi connectivity index (χ1n) is 5.08. The molecule has 1 spiro atoms. The molecule has 1 aliphatic carbocycles. The molecule has 0 amide bonds. The topological polar surface area (TPSA) is 48.1 Å². The van der Waals surface area contributed by atoms with Crippen LogP contribution in [0.4, 0.5) is 0 Å². The van der Waals surface area contributed by atoms with Gasteiger partial charge >= 0.3 is 5.97 Å². The third kappa shape index (κ3) is 1.55. The highest BCUT2D eigenvalue weighted by molar-refractivity contribution is 6.36. The predicted molar refractivity (Wildman–Crippen MR) is 53.7 cm³/mol. The van der Waals surface area contributed by atoms with Crippen LogP contribution in [0, 0.1) is 0 Å². The maximum atomic E-state index is 11.4. The summed E-state index contributed by atoms with van der Waals surface area (Å²) in [6.45, 7) is 0. The van der Waals surface area contributed by atoms with Crippen LogP contribution in [-0.2, 0) is 19.0 Å². The summed E-state index contributed by atoms with van der Waals surface area (Å²) in [5.74, 6) is -0.499. The molecule has 1 saturated heterocycles. The van der Waals surface area contributed by atoms with Crippen LogP contribution in [0.1, 0.15) is 25.7 Å². The molecule has 3 unspecified atom stereocenters. The molecule has 0 aromatic heterocycles. The number of hydrogen-bond donors (Lipinski definition) is 0. The highest BCUT2D eigenvalue weighted by Crippen LogP contribution is 2.59. The summed E-state index contributed by atoms with van der Waals surface area (Å²) in [5.41, 5.74) is -0.555. The molecule has 3 atom stereocenters. The molecule has 0 radical (unpaired) electrons. The van der Waals surface area contributed by atoms with Crippen molar-refractivity contribution in [1.82, 2.24) is 0 Å². The zero-order valence-electron chi connectivity index (χ0n) is 8.92. The quantitative estimate of drug-likeness (QED) is 0.412. The molecular formula is C10H15ClO4. The van der Waals surface area contributed by atoms with Crippen LogP contribution in [0.3, 0.4) is 0 Å². The molecule has 0 aromatic carbocycles.